The minimum Gasteiger partial charge on any atom is -0.393 e. The Morgan fingerprint density at radius 3 is 2.86 bits per heavy atom. The maximum absolute atomic E-state index is 11.5. The summed E-state index contributed by atoms with van der Waals surface area (Å²) in [7, 11) is -3.36. The van der Waals surface area contributed by atoms with E-state index >= 15 is 0 Å². The number of hydrogen-bond acceptors (Lipinski definition) is 4. The van der Waals surface area contributed by atoms with Gasteiger partial charge in [0.25, 0.3) is 0 Å². The lowest BCUT2D eigenvalue weighted by Crippen LogP contribution is -2.26. The molecule has 7 heteroatoms. The lowest BCUT2D eigenvalue weighted by molar-refractivity contribution is 0.585. The van der Waals surface area contributed by atoms with Crippen molar-refractivity contribution in [2.75, 3.05) is 6.54 Å². The topological polar surface area (TPSA) is 72.2 Å². The molecule has 1 aromatic heterocycles. The first-order valence-electron chi connectivity index (χ1n) is 3.84. The maximum Gasteiger partial charge on any atom is 0.250 e. The number of hydrogen-bond donors (Lipinski definition) is 2. The third kappa shape index (κ3) is 3.33. The van der Waals surface area contributed by atoms with Gasteiger partial charge >= 0.3 is 0 Å². The van der Waals surface area contributed by atoms with Crippen molar-refractivity contribution in [1.29, 1.82) is 0 Å². The number of sulfonamides is 1. The molecule has 0 saturated carbocycles. The van der Waals surface area contributed by atoms with E-state index < -0.39 is 10.0 Å². The van der Waals surface area contributed by atoms with Crippen molar-refractivity contribution < 1.29 is 8.42 Å². The van der Waals surface area contributed by atoms with Crippen molar-refractivity contribution >= 4 is 38.6 Å². The highest BCUT2D eigenvalue weighted by Crippen LogP contribution is 2.14. The zero-order valence-electron chi connectivity index (χ0n) is 7.26. The predicted molar refractivity (Wildman–Crippen MR) is 60.9 cm³/mol. The molecule has 0 atom stereocenters. The Morgan fingerprint density at radius 1 is 1.64 bits per heavy atom. The Bertz CT molecular complexity index is 397. The molecular weight excluding hydrogens is 240 g/mol. The Balaban J connectivity index is 2.56. The van der Waals surface area contributed by atoms with E-state index in [0.29, 0.717) is 15.6 Å². The minimum atomic E-state index is -3.36. The summed E-state index contributed by atoms with van der Waals surface area (Å²) in [6.45, 7) is 0.246. The quantitative estimate of drug-likeness (QED) is 0.755. The molecule has 0 fully saturated rings. The van der Waals surface area contributed by atoms with Gasteiger partial charge in [-0.3, -0.25) is 0 Å². The fourth-order valence-corrected chi connectivity index (χ4v) is 2.97. The smallest absolute Gasteiger partial charge is 0.250 e. The molecule has 0 amide bonds. The van der Waals surface area contributed by atoms with Crippen LogP contribution in [0.2, 0.25) is 0 Å². The summed E-state index contributed by atoms with van der Waals surface area (Å²) < 4.78 is 25.7. The van der Waals surface area contributed by atoms with E-state index in [0.717, 1.165) is 0 Å². The third-order valence-corrected chi connectivity index (χ3v) is 4.49. The summed E-state index contributed by atoms with van der Waals surface area (Å²) in [4.78, 5) is 0.305. The summed E-state index contributed by atoms with van der Waals surface area (Å²) in [5.74, 6) is 0. The number of thiocarbonyl (C=S) groups is 1. The van der Waals surface area contributed by atoms with Gasteiger partial charge in [-0.1, -0.05) is 18.3 Å². The van der Waals surface area contributed by atoms with Crippen LogP contribution in [0.25, 0.3) is 0 Å². The first-order valence-corrected chi connectivity index (χ1v) is 6.61. The molecule has 0 unspecified atom stereocenters. The molecule has 0 aliphatic rings. The SMILES string of the molecule is NC(=S)CCNS(=O)(=O)c1cccs1. The standard InChI is InChI=1S/C7H10N2O2S3/c8-6(12)3-4-9-14(10,11)7-2-1-5-13-7/h1-2,5,9H,3-4H2,(H2,8,12). The summed E-state index contributed by atoms with van der Waals surface area (Å²) in [5.41, 5.74) is 5.24. The maximum atomic E-state index is 11.5. The van der Waals surface area contributed by atoms with Crippen molar-refractivity contribution in [2.24, 2.45) is 5.73 Å². The van der Waals surface area contributed by atoms with Gasteiger partial charge in [0.05, 0.1) is 4.99 Å². The molecule has 0 saturated heterocycles. The van der Waals surface area contributed by atoms with Crippen molar-refractivity contribution in [3.8, 4) is 0 Å². The molecule has 0 radical (unpaired) electrons. The van der Waals surface area contributed by atoms with Gasteiger partial charge in [0.1, 0.15) is 4.21 Å². The van der Waals surface area contributed by atoms with Gasteiger partial charge in [0.2, 0.25) is 10.0 Å². The van der Waals surface area contributed by atoms with Crippen molar-refractivity contribution in [3.63, 3.8) is 0 Å². The van der Waals surface area contributed by atoms with Crippen LogP contribution in [0.4, 0.5) is 0 Å². The normalized spacial score (nSPS) is 11.4. The second-order valence-corrected chi connectivity index (χ2v) is 6.01. The average Bonchev–Trinajstić information content (AvgIpc) is 2.54. The highest BCUT2D eigenvalue weighted by molar-refractivity contribution is 7.91. The Hall–Kier alpha value is -0.500. The first kappa shape index (κ1) is 11.6. The van der Waals surface area contributed by atoms with Crippen molar-refractivity contribution in [2.45, 2.75) is 10.6 Å². The highest BCUT2D eigenvalue weighted by atomic mass is 32.2. The average molecular weight is 250 g/mol. The van der Waals surface area contributed by atoms with E-state index in [-0.39, 0.29) is 6.54 Å². The zero-order valence-corrected chi connectivity index (χ0v) is 9.71. The number of thiophene rings is 1. The van der Waals surface area contributed by atoms with Gasteiger partial charge in [0.15, 0.2) is 0 Å². The fraction of sp³-hybridized carbons (Fsp3) is 0.286. The predicted octanol–water partition coefficient (Wildman–Crippen LogP) is 0.703. The van der Waals surface area contributed by atoms with Gasteiger partial charge in [-0.05, 0) is 11.4 Å². The van der Waals surface area contributed by atoms with Crippen LogP contribution < -0.4 is 10.5 Å². The van der Waals surface area contributed by atoms with Crippen LogP contribution in [0, 0.1) is 0 Å². The molecule has 3 N–H and O–H groups in total. The third-order valence-electron chi connectivity index (χ3n) is 1.42. The summed E-state index contributed by atoms with van der Waals surface area (Å²) in [6.07, 6.45) is 0.375. The zero-order chi connectivity index (χ0) is 10.6. The van der Waals surface area contributed by atoms with Crippen LogP contribution in [-0.2, 0) is 10.0 Å². The largest absolute Gasteiger partial charge is 0.393 e. The lowest BCUT2D eigenvalue weighted by Gasteiger charge is -2.02. The summed E-state index contributed by atoms with van der Waals surface area (Å²) >= 11 is 5.80. The van der Waals surface area contributed by atoms with E-state index in [2.05, 4.69) is 16.9 Å². The van der Waals surface area contributed by atoms with Crippen LogP contribution in [0.1, 0.15) is 6.42 Å². The van der Waals surface area contributed by atoms with Gasteiger partial charge < -0.3 is 5.73 Å². The Labute approximate surface area is 92.2 Å². The van der Waals surface area contributed by atoms with Crippen LogP contribution in [0.15, 0.2) is 21.7 Å². The van der Waals surface area contributed by atoms with E-state index in [9.17, 15) is 8.42 Å². The lowest BCUT2D eigenvalue weighted by atomic mass is 10.4. The first-order chi connectivity index (χ1) is 6.52. The van der Waals surface area contributed by atoms with Gasteiger partial charge in [-0.2, -0.15) is 0 Å². The molecular formula is C7H10N2O2S3. The number of nitrogens with one attached hydrogen (secondary N) is 1. The molecule has 1 rings (SSSR count). The Kier molecular flexibility index (Phi) is 3.99. The number of nitrogens with two attached hydrogens (primary N) is 1. The molecule has 14 heavy (non-hydrogen) atoms. The second kappa shape index (κ2) is 4.83. The molecule has 0 bridgehead atoms. The Morgan fingerprint density at radius 2 is 2.36 bits per heavy atom. The number of rotatable bonds is 5. The molecule has 0 aromatic carbocycles. The molecule has 0 spiro atoms. The van der Waals surface area contributed by atoms with Crippen LogP contribution >= 0.6 is 23.6 Å². The summed E-state index contributed by atoms with van der Waals surface area (Å²) in [5, 5.41) is 1.71. The molecule has 4 nitrogen and oxygen atoms in total. The second-order valence-electron chi connectivity index (χ2n) is 2.55. The molecule has 0 aliphatic heterocycles. The fourth-order valence-electron chi connectivity index (χ4n) is 0.796. The summed E-state index contributed by atoms with van der Waals surface area (Å²) in [6, 6.07) is 3.24. The van der Waals surface area contributed by atoms with Gasteiger partial charge in [0, 0.05) is 13.0 Å². The minimum absolute atomic E-state index is 0.246. The van der Waals surface area contributed by atoms with Crippen LogP contribution in [0.5, 0.6) is 0 Å². The van der Waals surface area contributed by atoms with Crippen molar-refractivity contribution in [1.82, 2.24) is 4.72 Å². The molecule has 78 valence electrons. The molecule has 1 aromatic rings. The van der Waals surface area contributed by atoms with E-state index in [4.69, 9.17) is 5.73 Å². The van der Waals surface area contributed by atoms with Crippen LogP contribution in [0.3, 0.4) is 0 Å². The monoisotopic (exact) mass is 250 g/mol. The van der Waals surface area contributed by atoms with Gasteiger partial charge in [-0.25, -0.2) is 13.1 Å². The van der Waals surface area contributed by atoms with E-state index in [1.807, 2.05) is 0 Å². The van der Waals surface area contributed by atoms with Crippen molar-refractivity contribution in [3.05, 3.63) is 17.5 Å². The molecule has 1 heterocycles. The highest BCUT2D eigenvalue weighted by Gasteiger charge is 2.13. The van der Waals surface area contributed by atoms with E-state index in [1.54, 1.807) is 17.5 Å². The van der Waals surface area contributed by atoms with E-state index in [1.165, 1.54) is 11.3 Å². The molecule has 0 aliphatic carbocycles. The van der Waals surface area contributed by atoms with Gasteiger partial charge in [-0.15, -0.1) is 11.3 Å². The van der Waals surface area contributed by atoms with Crippen LogP contribution in [-0.4, -0.2) is 20.0 Å².